The van der Waals surface area contributed by atoms with Gasteiger partial charge in [0.2, 0.25) is 0 Å². The highest BCUT2D eigenvalue weighted by Crippen LogP contribution is 2.37. The minimum atomic E-state index is 0.582. The lowest BCUT2D eigenvalue weighted by atomic mass is 10.3. The van der Waals surface area contributed by atoms with Gasteiger partial charge in [0.05, 0.1) is 6.33 Å². The Morgan fingerprint density at radius 2 is 1.71 bits per heavy atom. The normalized spacial score (nSPS) is 18.3. The van der Waals surface area contributed by atoms with E-state index >= 15 is 0 Å². The molecule has 122 valence electrons. The number of hydrogen-bond donors (Lipinski definition) is 0. The second-order valence-corrected chi connectivity index (χ2v) is 6.41. The largest absolute Gasteiger partial charge is 0.353 e. The molecule has 7 nitrogen and oxygen atoms in total. The number of rotatable bonds is 3. The molecule has 1 saturated carbocycles. The van der Waals surface area contributed by atoms with E-state index in [-0.39, 0.29) is 0 Å². The first-order valence-electron chi connectivity index (χ1n) is 8.48. The lowest BCUT2D eigenvalue weighted by Crippen LogP contribution is -2.47. The number of anilines is 2. The molecular formula is C17H19N7. The molecule has 3 aromatic heterocycles. The van der Waals surface area contributed by atoms with E-state index in [0.29, 0.717) is 6.04 Å². The molecule has 3 aromatic rings. The van der Waals surface area contributed by atoms with Gasteiger partial charge in [0.25, 0.3) is 0 Å². The van der Waals surface area contributed by atoms with Crippen LogP contribution in [-0.4, -0.2) is 50.7 Å². The summed E-state index contributed by atoms with van der Waals surface area (Å²) in [5, 5.41) is 0. The number of nitrogens with zero attached hydrogens (tertiary/aromatic N) is 7. The van der Waals surface area contributed by atoms with Gasteiger partial charge in [0, 0.05) is 38.4 Å². The lowest BCUT2D eigenvalue weighted by Gasteiger charge is -2.35. The second kappa shape index (κ2) is 5.43. The zero-order chi connectivity index (χ0) is 15.9. The molecule has 4 heterocycles. The molecule has 7 heteroatoms. The predicted molar refractivity (Wildman–Crippen MR) is 92.3 cm³/mol. The Hall–Kier alpha value is -2.70. The van der Waals surface area contributed by atoms with Crippen LogP contribution in [0.25, 0.3) is 11.2 Å². The van der Waals surface area contributed by atoms with Crippen LogP contribution in [0.5, 0.6) is 0 Å². The lowest BCUT2D eigenvalue weighted by molar-refractivity contribution is 0.642. The molecule has 0 atom stereocenters. The van der Waals surface area contributed by atoms with Crippen molar-refractivity contribution in [1.29, 1.82) is 0 Å². The van der Waals surface area contributed by atoms with Crippen LogP contribution in [0.15, 0.2) is 37.1 Å². The maximum absolute atomic E-state index is 4.60. The highest BCUT2D eigenvalue weighted by Gasteiger charge is 2.28. The first-order chi connectivity index (χ1) is 11.9. The summed E-state index contributed by atoms with van der Waals surface area (Å²) in [5.41, 5.74) is 1.89. The average molecular weight is 321 g/mol. The SMILES string of the molecule is c1ccc(N2CCN(c3ncnc4c3ncn4C3CC3)CC2)nc1. The van der Waals surface area contributed by atoms with Gasteiger partial charge in [-0.1, -0.05) is 6.07 Å². The number of fused-ring (bicyclic) bond motifs is 1. The third kappa shape index (κ3) is 2.28. The van der Waals surface area contributed by atoms with Gasteiger partial charge in [-0.2, -0.15) is 0 Å². The molecule has 0 aromatic carbocycles. The van der Waals surface area contributed by atoms with Crippen LogP contribution in [0.1, 0.15) is 18.9 Å². The van der Waals surface area contributed by atoms with Crippen molar-refractivity contribution in [2.75, 3.05) is 36.0 Å². The van der Waals surface area contributed by atoms with Crippen molar-refractivity contribution in [1.82, 2.24) is 24.5 Å². The predicted octanol–water partition coefficient (Wildman–Crippen LogP) is 1.88. The average Bonchev–Trinajstić information content (AvgIpc) is 3.41. The Kier molecular flexibility index (Phi) is 3.11. The molecule has 0 amide bonds. The molecule has 24 heavy (non-hydrogen) atoms. The molecule has 0 spiro atoms. The maximum Gasteiger partial charge on any atom is 0.165 e. The van der Waals surface area contributed by atoms with Crippen LogP contribution >= 0.6 is 0 Å². The summed E-state index contributed by atoms with van der Waals surface area (Å²) in [7, 11) is 0. The van der Waals surface area contributed by atoms with E-state index in [0.717, 1.165) is 49.0 Å². The molecule has 0 unspecified atom stereocenters. The van der Waals surface area contributed by atoms with Crippen LogP contribution in [0.2, 0.25) is 0 Å². The molecule has 1 saturated heterocycles. The number of pyridine rings is 1. The van der Waals surface area contributed by atoms with Gasteiger partial charge in [-0.25, -0.2) is 19.9 Å². The molecule has 5 rings (SSSR count). The van der Waals surface area contributed by atoms with Gasteiger partial charge in [-0.15, -0.1) is 0 Å². The molecule has 0 bridgehead atoms. The summed E-state index contributed by atoms with van der Waals surface area (Å²) < 4.78 is 2.20. The summed E-state index contributed by atoms with van der Waals surface area (Å²) in [4.78, 5) is 22.7. The van der Waals surface area contributed by atoms with Crippen LogP contribution < -0.4 is 9.80 Å². The monoisotopic (exact) mass is 321 g/mol. The Bertz CT molecular complexity index is 848. The van der Waals surface area contributed by atoms with E-state index in [2.05, 4.69) is 40.4 Å². The fraction of sp³-hybridized carbons (Fsp3) is 0.412. The first kappa shape index (κ1) is 13.7. The molecule has 1 aliphatic heterocycles. The minimum Gasteiger partial charge on any atom is -0.353 e. The standard InChI is InChI=1S/C17H19N7/c1-2-6-18-14(3-1)22-7-9-23(10-8-22)16-15-17(20-11-19-16)24(12-21-15)13-4-5-13/h1-3,6,11-13H,4-5,7-10H2. The Balaban J connectivity index is 1.39. The van der Waals surface area contributed by atoms with Gasteiger partial charge in [0.1, 0.15) is 12.1 Å². The van der Waals surface area contributed by atoms with Crippen molar-refractivity contribution in [2.24, 2.45) is 0 Å². The van der Waals surface area contributed by atoms with Crippen molar-refractivity contribution in [3.8, 4) is 0 Å². The summed E-state index contributed by atoms with van der Waals surface area (Å²) in [6.45, 7) is 3.70. The fourth-order valence-corrected chi connectivity index (χ4v) is 3.38. The summed E-state index contributed by atoms with van der Waals surface area (Å²) in [6, 6.07) is 6.63. The zero-order valence-corrected chi connectivity index (χ0v) is 13.4. The summed E-state index contributed by atoms with van der Waals surface area (Å²) in [6.07, 6.45) is 7.90. The molecule has 2 aliphatic rings. The molecule has 1 aliphatic carbocycles. The van der Waals surface area contributed by atoms with Gasteiger partial charge in [-0.05, 0) is 25.0 Å². The van der Waals surface area contributed by atoms with E-state index in [1.807, 2.05) is 24.7 Å². The van der Waals surface area contributed by atoms with Crippen LogP contribution in [-0.2, 0) is 0 Å². The Morgan fingerprint density at radius 1 is 0.875 bits per heavy atom. The van der Waals surface area contributed by atoms with Crippen molar-refractivity contribution in [3.63, 3.8) is 0 Å². The zero-order valence-electron chi connectivity index (χ0n) is 13.4. The third-order valence-electron chi connectivity index (χ3n) is 4.83. The molecule has 0 N–H and O–H groups in total. The number of aromatic nitrogens is 5. The van der Waals surface area contributed by atoms with Crippen LogP contribution in [0.3, 0.4) is 0 Å². The van der Waals surface area contributed by atoms with E-state index in [1.165, 1.54) is 12.8 Å². The van der Waals surface area contributed by atoms with Crippen LogP contribution in [0.4, 0.5) is 11.6 Å². The first-order valence-corrected chi connectivity index (χ1v) is 8.48. The topological polar surface area (TPSA) is 63.0 Å². The number of hydrogen-bond acceptors (Lipinski definition) is 6. The van der Waals surface area contributed by atoms with Gasteiger partial charge < -0.3 is 14.4 Å². The maximum atomic E-state index is 4.60. The van der Waals surface area contributed by atoms with Gasteiger partial charge in [0.15, 0.2) is 17.0 Å². The van der Waals surface area contributed by atoms with E-state index in [1.54, 1.807) is 6.33 Å². The summed E-state index contributed by atoms with van der Waals surface area (Å²) in [5.74, 6) is 2.00. The fourth-order valence-electron chi connectivity index (χ4n) is 3.38. The highest BCUT2D eigenvalue weighted by molar-refractivity contribution is 5.83. The van der Waals surface area contributed by atoms with Crippen molar-refractivity contribution < 1.29 is 0 Å². The van der Waals surface area contributed by atoms with E-state index < -0.39 is 0 Å². The number of piperazine rings is 1. The van der Waals surface area contributed by atoms with Crippen molar-refractivity contribution in [3.05, 3.63) is 37.1 Å². The smallest absolute Gasteiger partial charge is 0.165 e. The Labute approximate surface area is 140 Å². The third-order valence-corrected chi connectivity index (χ3v) is 4.83. The van der Waals surface area contributed by atoms with Gasteiger partial charge in [-0.3, -0.25) is 0 Å². The quantitative estimate of drug-likeness (QED) is 0.734. The van der Waals surface area contributed by atoms with Crippen LogP contribution in [0, 0.1) is 0 Å². The number of imidazole rings is 1. The molecular weight excluding hydrogens is 302 g/mol. The van der Waals surface area contributed by atoms with Crippen molar-refractivity contribution in [2.45, 2.75) is 18.9 Å². The van der Waals surface area contributed by atoms with E-state index in [4.69, 9.17) is 0 Å². The van der Waals surface area contributed by atoms with E-state index in [9.17, 15) is 0 Å². The Morgan fingerprint density at radius 3 is 2.46 bits per heavy atom. The van der Waals surface area contributed by atoms with Crippen molar-refractivity contribution >= 4 is 22.8 Å². The van der Waals surface area contributed by atoms with Gasteiger partial charge >= 0.3 is 0 Å². The summed E-state index contributed by atoms with van der Waals surface area (Å²) >= 11 is 0. The second-order valence-electron chi connectivity index (χ2n) is 6.41. The molecule has 0 radical (unpaired) electrons. The minimum absolute atomic E-state index is 0.582. The highest BCUT2D eigenvalue weighted by atomic mass is 15.3. The molecule has 2 fully saturated rings.